The van der Waals surface area contributed by atoms with Gasteiger partial charge in [0, 0.05) is 24.7 Å². The van der Waals surface area contributed by atoms with Gasteiger partial charge in [-0.05, 0) is 37.5 Å². The molecule has 2 rings (SSSR count). The molecule has 0 radical (unpaired) electrons. The molecule has 2 N–H and O–H groups in total. The Morgan fingerprint density at radius 3 is 3.06 bits per heavy atom. The van der Waals surface area contributed by atoms with E-state index in [0.717, 1.165) is 38.0 Å². The van der Waals surface area contributed by atoms with Crippen molar-refractivity contribution in [3.63, 3.8) is 0 Å². The van der Waals surface area contributed by atoms with Crippen molar-refractivity contribution in [3.05, 3.63) is 0 Å². The standard InChI is InChI=1S/C14H25NO2S/c1-2-11(9-15)7-13(16)12-3-5-17-14(8-12)4-6-18-10-14/h11-12H,2-10,15H2,1H3. The van der Waals surface area contributed by atoms with Crippen molar-refractivity contribution < 1.29 is 9.53 Å². The molecule has 0 saturated carbocycles. The Kier molecular flexibility index (Phi) is 5.10. The highest BCUT2D eigenvalue weighted by atomic mass is 32.2. The Hall–Kier alpha value is -0.0600. The highest BCUT2D eigenvalue weighted by Gasteiger charge is 2.42. The molecule has 2 aliphatic heterocycles. The molecule has 18 heavy (non-hydrogen) atoms. The van der Waals surface area contributed by atoms with Gasteiger partial charge in [-0.1, -0.05) is 13.3 Å². The average molecular weight is 271 g/mol. The number of hydrogen-bond acceptors (Lipinski definition) is 4. The van der Waals surface area contributed by atoms with E-state index in [2.05, 4.69) is 6.92 Å². The Morgan fingerprint density at radius 2 is 2.44 bits per heavy atom. The lowest BCUT2D eigenvalue weighted by atomic mass is 9.80. The van der Waals surface area contributed by atoms with E-state index < -0.39 is 0 Å². The largest absolute Gasteiger partial charge is 0.374 e. The Labute approximate surface area is 114 Å². The van der Waals surface area contributed by atoms with Crippen LogP contribution in [0.3, 0.4) is 0 Å². The lowest BCUT2D eigenvalue weighted by Crippen LogP contribution is -2.42. The first kappa shape index (κ1) is 14.4. The van der Waals surface area contributed by atoms with Crippen molar-refractivity contribution in [1.29, 1.82) is 0 Å². The second kappa shape index (κ2) is 6.40. The van der Waals surface area contributed by atoms with Crippen molar-refractivity contribution >= 4 is 17.5 Å². The molecule has 0 aromatic carbocycles. The summed E-state index contributed by atoms with van der Waals surface area (Å²) < 4.78 is 5.97. The predicted molar refractivity (Wildman–Crippen MR) is 75.8 cm³/mol. The second-order valence-electron chi connectivity index (χ2n) is 5.70. The molecule has 2 saturated heterocycles. The number of rotatable bonds is 5. The molecular formula is C14H25NO2S. The van der Waals surface area contributed by atoms with Crippen LogP contribution in [0, 0.1) is 11.8 Å². The maximum atomic E-state index is 12.3. The number of ketones is 1. The summed E-state index contributed by atoms with van der Waals surface area (Å²) in [7, 11) is 0. The van der Waals surface area contributed by atoms with E-state index in [4.69, 9.17) is 10.5 Å². The van der Waals surface area contributed by atoms with E-state index in [1.54, 1.807) is 0 Å². The first-order chi connectivity index (χ1) is 8.69. The van der Waals surface area contributed by atoms with Crippen LogP contribution in [0.2, 0.25) is 0 Å². The molecule has 0 aromatic heterocycles. The monoisotopic (exact) mass is 271 g/mol. The zero-order chi connectivity index (χ0) is 13.0. The van der Waals surface area contributed by atoms with Gasteiger partial charge >= 0.3 is 0 Å². The van der Waals surface area contributed by atoms with Gasteiger partial charge in [-0.2, -0.15) is 11.8 Å². The van der Waals surface area contributed by atoms with Gasteiger partial charge in [0.05, 0.1) is 5.60 Å². The van der Waals surface area contributed by atoms with Gasteiger partial charge in [0.1, 0.15) is 5.78 Å². The van der Waals surface area contributed by atoms with Gasteiger partial charge in [0.15, 0.2) is 0 Å². The number of ether oxygens (including phenoxy) is 1. The fourth-order valence-electron chi connectivity index (χ4n) is 3.01. The van der Waals surface area contributed by atoms with Crippen molar-refractivity contribution in [2.45, 2.75) is 44.6 Å². The van der Waals surface area contributed by atoms with Crippen molar-refractivity contribution in [3.8, 4) is 0 Å². The highest BCUT2D eigenvalue weighted by molar-refractivity contribution is 7.99. The third kappa shape index (κ3) is 3.28. The Morgan fingerprint density at radius 1 is 1.61 bits per heavy atom. The molecule has 104 valence electrons. The number of nitrogens with two attached hydrogens (primary N) is 1. The minimum absolute atomic E-state index is 0.0215. The minimum atomic E-state index is 0.0215. The molecule has 2 heterocycles. The van der Waals surface area contributed by atoms with Gasteiger partial charge in [-0.3, -0.25) is 4.79 Å². The summed E-state index contributed by atoms with van der Waals surface area (Å²) in [5.41, 5.74) is 5.72. The molecule has 0 amide bonds. The summed E-state index contributed by atoms with van der Waals surface area (Å²) in [6.07, 6.45) is 4.65. The van der Waals surface area contributed by atoms with Crippen LogP contribution in [-0.2, 0) is 9.53 Å². The van der Waals surface area contributed by atoms with Crippen LogP contribution in [0.1, 0.15) is 39.0 Å². The topological polar surface area (TPSA) is 52.3 Å². The van der Waals surface area contributed by atoms with Crippen molar-refractivity contribution in [1.82, 2.24) is 0 Å². The number of Topliss-reactive ketones (excluding diaryl/α,β-unsaturated/α-hetero) is 1. The zero-order valence-electron chi connectivity index (χ0n) is 11.3. The normalized spacial score (nSPS) is 33.8. The summed E-state index contributed by atoms with van der Waals surface area (Å²) >= 11 is 1.96. The molecule has 0 aliphatic carbocycles. The molecule has 3 unspecified atom stereocenters. The van der Waals surface area contributed by atoms with Crippen LogP contribution in [0.25, 0.3) is 0 Å². The van der Waals surface area contributed by atoms with Crippen LogP contribution in [0.15, 0.2) is 0 Å². The maximum absolute atomic E-state index is 12.3. The maximum Gasteiger partial charge on any atom is 0.136 e. The first-order valence-electron chi connectivity index (χ1n) is 7.13. The molecule has 0 aromatic rings. The highest BCUT2D eigenvalue weighted by Crippen LogP contribution is 2.41. The van der Waals surface area contributed by atoms with Crippen LogP contribution in [0.5, 0.6) is 0 Å². The lowest BCUT2D eigenvalue weighted by Gasteiger charge is -2.37. The molecule has 3 nitrogen and oxygen atoms in total. The molecule has 1 spiro atoms. The quantitative estimate of drug-likeness (QED) is 0.833. The molecular weight excluding hydrogens is 246 g/mol. The van der Waals surface area contributed by atoms with Crippen molar-refractivity contribution in [2.75, 3.05) is 24.7 Å². The third-order valence-corrected chi connectivity index (χ3v) is 5.64. The van der Waals surface area contributed by atoms with Gasteiger partial charge in [-0.15, -0.1) is 0 Å². The van der Waals surface area contributed by atoms with Gasteiger partial charge in [0.25, 0.3) is 0 Å². The zero-order valence-corrected chi connectivity index (χ0v) is 12.1. The Balaban J connectivity index is 1.90. The summed E-state index contributed by atoms with van der Waals surface area (Å²) in [6.45, 7) is 3.51. The third-order valence-electron chi connectivity index (χ3n) is 4.42. The van der Waals surface area contributed by atoms with E-state index in [0.29, 0.717) is 24.7 Å². The van der Waals surface area contributed by atoms with E-state index in [9.17, 15) is 4.79 Å². The first-order valence-corrected chi connectivity index (χ1v) is 8.29. The summed E-state index contributed by atoms with van der Waals surface area (Å²) in [5.74, 6) is 3.27. The van der Waals surface area contributed by atoms with E-state index >= 15 is 0 Å². The fourth-order valence-corrected chi connectivity index (χ4v) is 4.39. The SMILES string of the molecule is CCC(CN)CC(=O)C1CCOC2(CCSC2)C1. The average Bonchev–Trinajstić information content (AvgIpc) is 2.83. The van der Waals surface area contributed by atoms with Crippen LogP contribution in [-0.4, -0.2) is 36.0 Å². The smallest absolute Gasteiger partial charge is 0.136 e. The molecule has 3 atom stereocenters. The minimum Gasteiger partial charge on any atom is -0.374 e. The number of thioether (sulfide) groups is 1. The molecule has 2 aliphatic rings. The Bertz CT molecular complexity index is 286. The molecule has 2 fully saturated rings. The molecule has 4 heteroatoms. The molecule has 0 bridgehead atoms. The second-order valence-corrected chi connectivity index (χ2v) is 6.81. The number of carbonyl (C=O) groups is 1. The van der Waals surface area contributed by atoms with Crippen LogP contribution in [0.4, 0.5) is 0 Å². The van der Waals surface area contributed by atoms with Crippen LogP contribution < -0.4 is 5.73 Å². The summed E-state index contributed by atoms with van der Waals surface area (Å²) in [6, 6.07) is 0. The fraction of sp³-hybridized carbons (Fsp3) is 0.929. The van der Waals surface area contributed by atoms with Gasteiger partial charge < -0.3 is 10.5 Å². The summed E-state index contributed by atoms with van der Waals surface area (Å²) in [4.78, 5) is 12.3. The lowest BCUT2D eigenvalue weighted by molar-refractivity contribution is -0.134. The van der Waals surface area contributed by atoms with E-state index in [1.165, 1.54) is 5.75 Å². The number of hydrogen-bond donors (Lipinski definition) is 1. The van der Waals surface area contributed by atoms with Gasteiger partial charge in [0.2, 0.25) is 0 Å². The van der Waals surface area contributed by atoms with Crippen molar-refractivity contribution in [2.24, 2.45) is 17.6 Å². The number of carbonyl (C=O) groups excluding carboxylic acids is 1. The van der Waals surface area contributed by atoms with E-state index in [-0.39, 0.29) is 11.5 Å². The van der Waals surface area contributed by atoms with Gasteiger partial charge in [-0.25, -0.2) is 0 Å². The summed E-state index contributed by atoms with van der Waals surface area (Å²) in [5, 5.41) is 0. The van der Waals surface area contributed by atoms with Crippen LogP contribution >= 0.6 is 11.8 Å². The predicted octanol–water partition coefficient (Wildman–Crippen LogP) is 2.23. The van der Waals surface area contributed by atoms with E-state index in [1.807, 2.05) is 11.8 Å².